The SMILES string of the molecule is CCCCCCCOCOC=CCCCCCCCCCCCC=O. The normalized spacial score (nSPS) is 11.2. The summed E-state index contributed by atoms with van der Waals surface area (Å²) in [7, 11) is 0. The number of carbonyl (C=O) groups excluding carboxylic acids is 1. The number of carbonyl (C=O) groups is 1. The van der Waals surface area contributed by atoms with E-state index in [9.17, 15) is 4.79 Å². The van der Waals surface area contributed by atoms with E-state index in [1.165, 1.54) is 77.0 Å². The Hall–Kier alpha value is -0.830. The summed E-state index contributed by atoms with van der Waals surface area (Å²) < 4.78 is 10.8. The molecule has 0 fully saturated rings. The van der Waals surface area contributed by atoms with Crippen LogP contribution in [0.5, 0.6) is 0 Å². The van der Waals surface area contributed by atoms with Gasteiger partial charge in [0.05, 0.1) is 12.9 Å². The predicted octanol–water partition coefficient (Wildman–Crippen LogP) is 6.95. The van der Waals surface area contributed by atoms with Gasteiger partial charge < -0.3 is 14.3 Å². The summed E-state index contributed by atoms with van der Waals surface area (Å²) in [5, 5.41) is 0. The van der Waals surface area contributed by atoms with Crippen LogP contribution in [0.2, 0.25) is 0 Å². The van der Waals surface area contributed by atoms with Gasteiger partial charge >= 0.3 is 0 Å². The number of ether oxygens (including phenoxy) is 2. The van der Waals surface area contributed by atoms with Crippen LogP contribution in [0.3, 0.4) is 0 Å². The highest BCUT2D eigenvalue weighted by Crippen LogP contribution is 2.11. The molecule has 148 valence electrons. The molecular weight excluding hydrogens is 312 g/mol. The molecule has 0 atom stereocenters. The van der Waals surface area contributed by atoms with Crippen molar-refractivity contribution >= 4 is 6.29 Å². The topological polar surface area (TPSA) is 35.5 Å². The fourth-order valence-electron chi connectivity index (χ4n) is 2.82. The molecule has 3 heteroatoms. The Kier molecular flexibility index (Phi) is 22.4. The van der Waals surface area contributed by atoms with Gasteiger partial charge in [-0.3, -0.25) is 0 Å². The van der Waals surface area contributed by atoms with E-state index in [0.29, 0.717) is 6.79 Å². The maximum absolute atomic E-state index is 10.2. The second-order valence-corrected chi connectivity index (χ2v) is 6.90. The van der Waals surface area contributed by atoms with Crippen LogP contribution >= 0.6 is 0 Å². The second kappa shape index (κ2) is 23.2. The number of hydrogen-bond acceptors (Lipinski definition) is 3. The van der Waals surface area contributed by atoms with Crippen LogP contribution in [0.15, 0.2) is 12.3 Å². The first-order valence-electron chi connectivity index (χ1n) is 10.7. The lowest BCUT2D eigenvalue weighted by Crippen LogP contribution is -1.97. The maximum atomic E-state index is 10.2. The Morgan fingerprint density at radius 3 is 1.88 bits per heavy atom. The van der Waals surface area contributed by atoms with E-state index < -0.39 is 0 Å². The van der Waals surface area contributed by atoms with Crippen LogP contribution in [0.1, 0.15) is 110 Å². The molecule has 0 rings (SSSR count). The van der Waals surface area contributed by atoms with Gasteiger partial charge in [0.15, 0.2) is 6.79 Å². The van der Waals surface area contributed by atoms with E-state index in [2.05, 4.69) is 13.0 Å². The highest BCUT2D eigenvalue weighted by molar-refractivity contribution is 5.48. The molecule has 3 nitrogen and oxygen atoms in total. The van der Waals surface area contributed by atoms with Crippen LogP contribution in [-0.2, 0) is 14.3 Å². The lowest BCUT2D eigenvalue weighted by molar-refractivity contribution is -0.107. The predicted molar refractivity (Wildman–Crippen MR) is 107 cm³/mol. The van der Waals surface area contributed by atoms with E-state index >= 15 is 0 Å². The molecule has 0 bridgehead atoms. The molecule has 0 aliphatic rings. The number of allylic oxidation sites excluding steroid dienone is 1. The van der Waals surface area contributed by atoms with Crippen LogP contribution in [0.4, 0.5) is 0 Å². The van der Waals surface area contributed by atoms with Crippen molar-refractivity contribution in [3.8, 4) is 0 Å². The Bertz CT molecular complexity index is 276. The smallest absolute Gasteiger partial charge is 0.188 e. The minimum Gasteiger partial charge on any atom is -0.475 e. The molecule has 0 N–H and O–H groups in total. The average molecular weight is 355 g/mol. The summed E-state index contributed by atoms with van der Waals surface area (Å²) in [6.45, 7) is 3.43. The highest BCUT2D eigenvalue weighted by Gasteiger charge is 1.93. The van der Waals surface area contributed by atoms with Crippen molar-refractivity contribution in [3.05, 3.63) is 12.3 Å². The minimum absolute atomic E-state index is 0.386. The van der Waals surface area contributed by atoms with Crippen LogP contribution in [0.25, 0.3) is 0 Å². The van der Waals surface area contributed by atoms with Crippen LogP contribution < -0.4 is 0 Å². The molecule has 0 spiro atoms. The Morgan fingerprint density at radius 1 is 0.680 bits per heavy atom. The summed E-state index contributed by atoms with van der Waals surface area (Å²) >= 11 is 0. The summed E-state index contributed by atoms with van der Waals surface area (Å²) in [5.41, 5.74) is 0. The van der Waals surface area contributed by atoms with Crippen molar-refractivity contribution in [3.63, 3.8) is 0 Å². The molecule has 0 aromatic heterocycles. The van der Waals surface area contributed by atoms with Gasteiger partial charge in [0.25, 0.3) is 0 Å². The molecule has 0 unspecified atom stereocenters. The molecule has 0 aromatic rings. The first-order valence-corrected chi connectivity index (χ1v) is 10.7. The molecule has 0 saturated heterocycles. The van der Waals surface area contributed by atoms with Crippen LogP contribution in [-0.4, -0.2) is 19.7 Å². The van der Waals surface area contributed by atoms with Gasteiger partial charge in [-0.05, 0) is 31.8 Å². The summed E-state index contributed by atoms with van der Waals surface area (Å²) in [6.07, 6.45) is 24.6. The number of rotatable bonds is 21. The van der Waals surface area contributed by atoms with Crippen molar-refractivity contribution in [1.29, 1.82) is 0 Å². The lowest BCUT2D eigenvalue weighted by atomic mass is 10.1. The number of unbranched alkanes of at least 4 members (excludes halogenated alkanes) is 14. The third kappa shape index (κ3) is 23.2. The third-order valence-electron chi connectivity index (χ3n) is 4.43. The largest absolute Gasteiger partial charge is 0.475 e. The van der Waals surface area contributed by atoms with Gasteiger partial charge in [-0.2, -0.15) is 0 Å². The second-order valence-electron chi connectivity index (χ2n) is 6.90. The van der Waals surface area contributed by atoms with Crippen LogP contribution in [0, 0.1) is 0 Å². The Morgan fingerprint density at radius 2 is 1.24 bits per heavy atom. The standard InChI is InChI=1S/C22H42O3/c1-2-3-4-14-17-20-24-22-25-21-18-15-12-10-8-6-5-7-9-11-13-16-19-23/h18-19,21H,2-17,20,22H2,1H3. The number of hydrogen-bond donors (Lipinski definition) is 0. The van der Waals surface area contributed by atoms with E-state index in [4.69, 9.17) is 9.47 Å². The first kappa shape index (κ1) is 24.2. The zero-order valence-electron chi connectivity index (χ0n) is 16.7. The van der Waals surface area contributed by atoms with Gasteiger partial charge in [0.1, 0.15) is 6.29 Å². The van der Waals surface area contributed by atoms with Crippen molar-refractivity contribution in [1.82, 2.24) is 0 Å². The molecule has 0 aliphatic carbocycles. The molecule has 0 amide bonds. The highest BCUT2D eigenvalue weighted by atomic mass is 16.7. The third-order valence-corrected chi connectivity index (χ3v) is 4.43. The zero-order chi connectivity index (χ0) is 18.3. The van der Waals surface area contributed by atoms with E-state index in [-0.39, 0.29) is 0 Å². The fraction of sp³-hybridized carbons (Fsp3) is 0.864. The molecule has 25 heavy (non-hydrogen) atoms. The van der Waals surface area contributed by atoms with Crippen molar-refractivity contribution in [2.24, 2.45) is 0 Å². The van der Waals surface area contributed by atoms with Crippen molar-refractivity contribution in [2.75, 3.05) is 13.4 Å². The average Bonchev–Trinajstić information content (AvgIpc) is 2.63. The molecule has 0 aliphatic heterocycles. The summed E-state index contributed by atoms with van der Waals surface area (Å²) in [6, 6.07) is 0. The number of aldehydes is 1. The van der Waals surface area contributed by atoms with E-state index in [0.717, 1.165) is 38.6 Å². The molecule has 0 heterocycles. The lowest BCUT2D eigenvalue weighted by Gasteiger charge is -2.03. The van der Waals surface area contributed by atoms with Crippen molar-refractivity contribution < 1.29 is 14.3 Å². The minimum atomic E-state index is 0.386. The van der Waals surface area contributed by atoms with E-state index in [1.54, 1.807) is 6.26 Å². The van der Waals surface area contributed by atoms with Gasteiger partial charge in [0, 0.05) is 6.42 Å². The van der Waals surface area contributed by atoms with E-state index in [1.807, 2.05) is 0 Å². The quantitative estimate of drug-likeness (QED) is 0.0968. The molecule has 0 aromatic carbocycles. The Balaban J connectivity index is 3.05. The maximum Gasteiger partial charge on any atom is 0.188 e. The summed E-state index contributed by atoms with van der Waals surface area (Å²) in [4.78, 5) is 10.2. The van der Waals surface area contributed by atoms with Gasteiger partial charge in [-0.1, -0.05) is 77.6 Å². The molecule has 0 radical (unpaired) electrons. The summed E-state index contributed by atoms with van der Waals surface area (Å²) in [5.74, 6) is 0. The Labute approximate surface area is 156 Å². The van der Waals surface area contributed by atoms with Gasteiger partial charge in [-0.25, -0.2) is 0 Å². The van der Waals surface area contributed by atoms with Crippen molar-refractivity contribution in [2.45, 2.75) is 110 Å². The van der Waals surface area contributed by atoms with Gasteiger partial charge in [0.2, 0.25) is 0 Å². The first-order chi connectivity index (χ1) is 12.4. The zero-order valence-corrected chi connectivity index (χ0v) is 16.7. The fourth-order valence-corrected chi connectivity index (χ4v) is 2.82. The monoisotopic (exact) mass is 354 g/mol. The van der Waals surface area contributed by atoms with Gasteiger partial charge in [-0.15, -0.1) is 0 Å². The molecule has 0 saturated carbocycles. The molecular formula is C22H42O3.